The summed E-state index contributed by atoms with van der Waals surface area (Å²) in [5, 5.41) is 9.14. The van der Waals surface area contributed by atoms with Crippen molar-refractivity contribution >= 4 is 23.2 Å². The molecule has 0 saturated heterocycles. The quantitative estimate of drug-likeness (QED) is 0.563. The Morgan fingerprint density at radius 2 is 1.66 bits per heavy atom. The van der Waals surface area contributed by atoms with E-state index in [1.165, 1.54) is 7.11 Å². The lowest BCUT2D eigenvalue weighted by Gasteiger charge is -2.22. The summed E-state index contributed by atoms with van der Waals surface area (Å²) in [6.07, 6.45) is 1.31. The van der Waals surface area contributed by atoms with Gasteiger partial charge in [-0.05, 0) is 44.0 Å². The number of benzene rings is 2. The van der Waals surface area contributed by atoms with Crippen LogP contribution in [0.4, 0.5) is 11.4 Å². The molecule has 2 aromatic rings. The van der Waals surface area contributed by atoms with Crippen molar-refractivity contribution in [3.8, 4) is 0 Å². The number of methoxy groups -OCH3 is 1. The lowest BCUT2D eigenvalue weighted by atomic mass is 10.0. The Kier molecular flexibility index (Phi) is 8.68. The van der Waals surface area contributed by atoms with Gasteiger partial charge in [-0.25, -0.2) is 0 Å². The number of nitrogens with one attached hydrogen (secondary N) is 3. The number of anilines is 2. The molecule has 0 aromatic heterocycles. The zero-order chi connectivity index (χ0) is 21.2. The number of hydrogen-bond donors (Lipinski definition) is 3. The number of rotatable bonds is 10. The first kappa shape index (κ1) is 22.4. The molecule has 2 aromatic carbocycles. The third-order valence-electron chi connectivity index (χ3n) is 4.73. The van der Waals surface area contributed by atoms with Gasteiger partial charge in [-0.1, -0.05) is 49.7 Å². The monoisotopic (exact) mass is 397 g/mol. The average molecular weight is 398 g/mol. The predicted octanol–water partition coefficient (Wildman–Crippen LogP) is 4.12. The van der Waals surface area contributed by atoms with Gasteiger partial charge in [0.05, 0.1) is 6.04 Å². The zero-order valence-corrected chi connectivity index (χ0v) is 17.6. The van der Waals surface area contributed by atoms with Gasteiger partial charge in [-0.3, -0.25) is 9.59 Å². The molecule has 2 amide bonds. The molecule has 0 aliphatic heterocycles. The highest BCUT2D eigenvalue weighted by atomic mass is 16.5. The van der Waals surface area contributed by atoms with Crippen molar-refractivity contribution in [1.82, 2.24) is 5.32 Å². The standard InChI is InChI=1S/C23H31N3O3/c1-5-10-21(18-11-7-6-8-12-18)26-22(27)16(2)24-19-13-9-14-20(15-19)25-23(28)17(3)29-4/h6-9,11-17,21,24H,5,10H2,1-4H3,(H,25,28)(H,26,27). The number of hydrogen-bond acceptors (Lipinski definition) is 4. The molecular weight excluding hydrogens is 366 g/mol. The Hall–Kier alpha value is -2.86. The Morgan fingerprint density at radius 1 is 0.966 bits per heavy atom. The zero-order valence-electron chi connectivity index (χ0n) is 17.6. The SMILES string of the molecule is CCCC(NC(=O)C(C)Nc1cccc(NC(=O)C(C)OC)c1)c1ccccc1. The topological polar surface area (TPSA) is 79.5 Å². The van der Waals surface area contributed by atoms with Gasteiger partial charge in [-0.2, -0.15) is 0 Å². The normalized spacial score (nSPS) is 13.8. The van der Waals surface area contributed by atoms with Gasteiger partial charge in [0.1, 0.15) is 12.1 Å². The number of carbonyl (C=O) groups is 2. The maximum atomic E-state index is 12.7. The second-order valence-electron chi connectivity index (χ2n) is 7.07. The summed E-state index contributed by atoms with van der Waals surface area (Å²) in [4.78, 5) is 24.7. The van der Waals surface area contributed by atoms with Gasteiger partial charge in [-0.15, -0.1) is 0 Å². The Bertz CT molecular complexity index is 795. The molecule has 0 aliphatic rings. The van der Waals surface area contributed by atoms with E-state index in [0.29, 0.717) is 5.69 Å². The van der Waals surface area contributed by atoms with E-state index < -0.39 is 12.1 Å². The highest BCUT2D eigenvalue weighted by Gasteiger charge is 2.19. The van der Waals surface area contributed by atoms with Crippen LogP contribution in [0.5, 0.6) is 0 Å². The molecule has 0 spiro atoms. The van der Waals surface area contributed by atoms with Crippen molar-refractivity contribution in [1.29, 1.82) is 0 Å². The average Bonchev–Trinajstić information content (AvgIpc) is 2.73. The van der Waals surface area contributed by atoms with Gasteiger partial charge < -0.3 is 20.7 Å². The van der Waals surface area contributed by atoms with E-state index >= 15 is 0 Å². The van der Waals surface area contributed by atoms with E-state index in [-0.39, 0.29) is 17.9 Å². The van der Waals surface area contributed by atoms with Crippen molar-refractivity contribution in [2.45, 2.75) is 51.8 Å². The van der Waals surface area contributed by atoms with Crippen LogP contribution < -0.4 is 16.0 Å². The number of ether oxygens (including phenoxy) is 1. The van der Waals surface area contributed by atoms with Crippen LogP contribution in [0.3, 0.4) is 0 Å². The molecule has 29 heavy (non-hydrogen) atoms. The lowest BCUT2D eigenvalue weighted by molar-refractivity contribution is -0.124. The minimum absolute atomic E-state index is 0.0147. The second kappa shape index (κ2) is 11.2. The van der Waals surface area contributed by atoms with Crippen LogP contribution in [-0.4, -0.2) is 31.1 Å². The second-order valence-corrected chi connectivity index (χ2v) is 7.07. The maximum absolute atomic E-state index is 12.7. The smallest absolute Gasteiger partial charge is 0.253 e. The van der Waals surface area contributed by atoms with Gasteiger partial charge in [0.2, 0.25) is 5.91 Å². The van der Waals surface area contributed by atoms with E-state index in [2.05, 4.69) is 22.9 Å². The largest absolute Gasteiger partial charge is 0.374 e. The van der Waals surface area contributed by atoms with Crippen molar-refractivity contribution in [3.05, 3.63) is 60.2 Å². The first-order valence-corrected chi connectivity index (χ1v) is 10.00. The van der Waals surface area contributed by atoms with Crippen LogP contribution in [0.1, 0.15) is 45.2 Å². The number of carbonyl (C=O) groups excluding carboxylic acids is 2. The highest BCUT2D eigenvalue weighted by Crippen LogP contribution is 2.20. The van der Waals surface area contributed by atoms with Crippen LogP contribution in [0.15, 0.2) is 54.6 Å². The molecule has 6 nitrogen and oxygen atoms in total. The van der Waals surface area contributed by atoms with Crippen LogP contribution in [0.25, 0.3) is 0 Å². The summed E-state index contributed by atoms with van der Waals surface area (Å²) in [6, 6.07) is 16.8. The van der Waals surface area contributed by atoms with Crippen molar-refractivity contribution in [2.24, 2.45) is 0 Å². The molecule has 0 radical (unpaired) electrons. The fraction of sp³-hybridized carbons (Fsp3) is 0.391. The molecule has 0 aliphatic carbocycles. The number of amides is 2. The highest BCUT2D eigenvalue weighted by molar-refractivity contribution is 5.94. The van der Waals surface area contributed by atoms with Crippen LogP contribution in [0.2, 0.25) is 0 Å². The van der Waals surface area contributed by atoms with E-state index in [1.807, 2.05) is 49.4 Å². The summed E-state index contributed by atoms with van der Waals surface area (Å²) in [7, 11) is 1.49. The first-order chi connectivity index (χ1) is 13.9. The van der Waals surface area contributed by atoms with Crippen molar-refractivity contribution < 1.29 is 14.3 Å². The summed E-state index contributed by atoms with van der Waals surface area (Å²) >= 11 is 0. The molecule has 3 atom stereocenters. The molecule has 0 heterocycles. The first-order valence-electron chi connectivity index (χ1n) is 10.00. The van der Waals surface area contributed by atoms with E-state index in [0.717, 1.165) is 24.1 Å². The third kappa shape index (κ3) is 6.91. The molecule has 156 valence electrons. The van der Waals surface area contributed by atoms with Crippen molar-refractivity contribution in [3.63, 3.8) is 0 Å². The summed E-state index contributed by atoms with van der Waals surface area (Å²) in [5.41, 5.74) is 2.50. The lowest BCUT2D eigenvalue weighted by Crippen LogP contribution is -2.39. The minimum atomic E-state index is -0.537. The molecule has 2 rings (SSSR count). The molecule has 6 heteroatoms. The van der Waals surface area contributed by atoms with Gasteiger partial charge in [0, 0.05) is 18.5 Å². The van der Waals surface area contributed by atoms with Crippen molar-refractivity contribution in [2.75, 3.05) is 17.7 Å². The molecule has 0 fully saturated rings. The van der Waals surface area contributed by atoms with Crippen LogP contribution in [0, 0.1) is 0 Å². The summed E-state index contributed by atoms with van der Waals surface area (Å²) < 4.78 is 5.02. The summed E-state index contributed by atoms with van der Waals surface area (Å²) in [5.74, 6) is -0.296. The predicted molar refractivity (Wildman–Crippen MR) is 117 cm³/mol. The van der Waals surface area contributed by atoms with Gasteiger partial charge >= 0.3 is 0 Å². The van der Waals surface area contributed by atoms with Gasteiger partial charge in [0.25, 0.3) is 5.91 Å². The fourth-order valence-corrected chi connectivity index (χ4v) is 2.95. The molecule has 3 unspecified atom stereocenters. The molecular formula is C23H31N3O3. The third-order valence-corrected chi connectivity index (χ3v) is 4.73. The molecule has 0 bridgehead atoms. The Morgan fingerprint density at radius 3 is 2.31 bits per heavy atom. The minimum Gasteiger partial charge on any atom is -0.374 e. The van der Waals surface area contributed by atoms with Crippen LogP contribution >= 0.6 is 0 Å². The van der Waals surface area contributed by atoms with Crippen LogP contribution in [-0.2, 0) is 14.3 Å². The molecule has 0 saturated carbocycles. The van der Waals surface area contributed by atoms with E-state index in [1.54, 1.807) is 19.1 Å². The van der Waals surface area contributed by atoms with E-state index in [9.17, 15) is 9.59 Å². The van der Waals surface area contributed by atoms with Gasteiger partial charge in [0.15, 0.2) is 0 Å². The Balaban J connectivity index is 1.99. The maximum Gasteiger partial charge on any atom is 0.253 e. The summed E-state index contributed by atoms with van der Waals surface area (Å²) in [6.45, 7) is 5.61. The molecule has 3 N–H and O–H groups in total. The Labute approximate surface area is 173 Å². The fourth-order valence-electron chi connectivity index (χ4n) is 2.95. The van der Waals surface area contributed by atoms with E-state index in [4.69, 9.17) is 4.74 Å².